The van der Waals surface area contributed by atoms with Crippen LogP contribution in [0.2, 0.25) is 0 Å². The van der Waals surface area contributed by atoms with E-state index in [1.807, 2.05) is 0 Å². The number of halogens is 2. The van der Waals surface area contributed by atoms with Gasteiger partial charge in [0.1, 0.15) is 6.67 Å². The Morgan fingerprint density at radius 3 is 1.91 bits per heavy atom. The lowest BCUT2D eigenvalue weighted by molar-refractivity contribution is 0.0407. The highest BCUT2D eigenvalue weighted by atomic mass is 19.1. The summed E-state index contributed by atoms with van der Waals surface area (Å²) in [7, 11) is 0. The van der Waals surface area contributed by atoms with Gasteiger partial charge in [0.15, 0.2) is 0 Å². The molecule has 0 heterocycles. The van der Waals surface area contributed by atoms with Crippen molar-refractivity contribution < 1.29 is 18.3 Å². The van der Waals surface area contributed by atoms with Crippen LogP contribution in [0.1, 0.15) is 6.42 Å². The highest BCUT2D eigenvalue weighted by molar-refractivity contribution is 4.33. The van der Waals surface area contributed by atoms with E-state index >= 15 is 0 Å². The van der Waals surface area contributed by atoms with E-state index in [1.165, 1.54) is 0 Å². The summed E-state index contributed by atoms with van der Waals surface area (Å²) in [5.41, 5.74) is 0. The molecule has 0 rings (SSSR count). The van der Waals surface area contributed by atoms with Crippen LogP contribution in [0.4, 0.5) is 8.78 Å². The van der Waals surface area contributed by atoms with Crippen molar-refractivity contribution in [2.24, 2.45) is 0 Å². The van der Waals surface area contributed by atoms with Gasteiger partial charge in [-0.1, -0.05) is 0 Å². The summed E-state index contributed by atoms with van der Waals surface area (Å²) in [6.45, 7) is 0.508. The van der Waals surface area contributed by atoms with Crippen molar-refractivity contribution in [3.63, 3.8) is 0 Å². The van der Waals surface area contributed by atoms with Crippen LogP contribution in [0.3, 0.4) is 0 Å². The van der Waals surface area contributed by atoms with E-state index in [9.17, 15) is 8.78 Å². The largest absolute Gasteiger partial charge is 0.379 e. The molecule has 0 amide bonds. The molecule has 0 fully saturated rings. The lowest BCUT2D eigenvalue weighted by Gasteiger charge is -2.02. The third-order valence-electron chi connectivity index (χ3n) is 1.02. The SMILES string of the molecule is FCCCOCCOCCF. The first-order valence-electron chi connectivity index (χ1n) is 3.69. The van der Waals surface area contributed by atoms with Crippen LogP contribution in [-0.4, -0.2) is 39.8 Å². The van der Waals surface area contributed by atoms with Crippen LogP contribution in [-0.2, 0) is 9.47 Å². The zero-order chi connectivity index (χ0) is 8.36. The maximum Gasteiger partial charge on any atom is 0.113 e. The molecule has 0 N–H and O–H groups in total. The van der Waals surface area contributed by atoms with Gasteiger partial charge in [-0.15, -0.1) is 0 Å². The molecule has 0 unspecified atom stereocenters. The van der Waals surface area contributed by atoms with E-state index in [0.29, 0.717) is 26.2 Å². The molecule has 0 radical (unpaired) electrons. The van der Waals surface area contributed by atoms with Crippen LogP contribution in [0.25, 0.3) is 0 Å². The summed E-state index contributed by atoms with van der Waals surface area (Å²) in [4.78, 5) is 0. The van der Waals surface area contributed by atoms with E-state index in [0.717, 1.165) is 0 Å². The Labute approximate surface area is 65.5 Å². The Kier molecular flexibility index (Phi) is 9.58. The van der Waals surface area contributed by atoms with Crippen molar-refractivity contribution >= 4 is 0 Å². The van der Waals surface area contributed by atoms with Crippen molar-refractivity contribution in [2.75, 3.05) is 39.8 Å². The van der Waals surface area contributed by atoms with Crippen LogP contribution >= 0.6 is 0 Å². The molecule has 0 bridgehead atoms. The Hall–Kier alpha value is -0.220. The molecule has 11 heavy (non-hydrogen) atoms. The molecule has 2 nitrogen and oxygen atoms in total. The Morgan fingerprint density at radius 1 is 0.727 bits per heavy atom. The first-order chi connectivity index (χ1) is 5.41. The van der Waals surface area contributed by atoms with Gasteiger partial charge in [-0.05, 0) is 6.42 Å². The predicted molar refractivity (Wildman–Crippen MR) is 38.2 cm³/mol. The smallest absolute Gasteiger partial charge is 0.113 e. The van der Waals surface area contributed by atoms with E-state index < -0.39 is 6.67 Å². The first kappa shape index (κ1) is 10.8. The lowest BCUT2D eigenvalue weighted by Crippen LogP contribution is -2.07. The minimum absolute atomic E-state index is 0.118. The highest BCUT2D eigenvalue weighted by Gasteiger charge is 1.89. The standard InChI is InChI=1S/C7H14F2O2/c8-2-1-4-10-6-7-11-5-3-9/h1-7H2. The lowest BCUT2D eigenvalue weighted by atomic mass is 10.5. The number of rotatable bonds is 8. The average Bonchev–Trinajstić information content (AvgIpc) is 2.03. The number of alkyl halides is 2. The average molecular weight is 168 g/mol. The van der Waals surface area contributed by atoms with E-state index in [2.05, 4.69) is 0 Å². The molecular weight excluding hydrogens is 154 g/mol. The number of ether oxygens (including phenoxy) is 2. The second-order valence-electron chi connectivity index (χ2n) is 1.96. The zero-order valence-corrected chi connectivity index (χ0v) is 6.52. The van der Waals surface area contributed by atoms with Gasteiger partial charge in [-0.25, -0.2) is 4.39 Å². The Morgan fingerprint density at radius 2 is 1.36 bits per heavy atom. The Balaban J connectivity index is 2.69. The molecule has 68 valence electrons. The molecule has 0 saturated carbocycles. The number of hydrogen-bond acceptors (Lipinski definition) is 2. The molecule has 4 heteroatoms. The summed E-state index contributed by atoms with van der Waals surface area (Å²) in [6.07, 6.45) is 0.420. The van der Waals surface area contributed by atoms with Gasteiger partial charge in [0.05, 0.1) is 26.5 Å². The molecule has 0 aromatic heterocycles. The van der Waals surface area contributed by atoms with E-state index in [1.54, 1.807) is 0 Å². The van der Waals surface area contributed by atoms with Gasteiger partial charge in [0, 0.05) is 6.61 Å². The third-order valence-corrected chi connectivity index (χ3v) is 1.02. The summed E-state index contributed by atoms with van der Waals surface area (Å²) in [6, 6.07) is 0. The van der Waals surface area contributed by atoms with Crippen LogP contribution in [0.5, 0.6) is 0 Å². The molecule has 0 aliphatic carbocycles. The minimum Gasteiger partial charge on any atom is -0.379 e. The fourth-order valence-electron chi connectivity index (χ4n) is 0.533. The van der Waals surface area contributed by atoms with Crippen molar-refractivity contribution in [3.05, 3.63) is 0 Å². The zero-order valence-electron chi connectivity index (χ0n) is 6.52. The van der Waals surface area contributed by atoms with Gasteiger partial charge in [0.2, 0.25) is 0 Å². The maximum atomic E-state index is 11.5. The summed E-state index contributed by atoms with van der Waals surface area (Å²) in [5, 5.41) is 0. The normalized spacial score (nSPS) is 10.4. The van der Waals surface area contributed by atoms with Gasteiger partial charge < -0.3 is 9.47 Å². The fraction of sp³-hybridized carbons (Fsp3) is 1.00. The van der Waals surface area contributed by atoms with Crippen LogP contribution in [0.15, 0.2) is 0 Å². The second-order valence-corrected chi connectivity index (χ2v) is 1.96. The fourth-order valence-corrected chi connectivity index (χ4v) is 0.533. The molecule has 0 aliphatic heterocycles. The predicted octanol–water partition coefficient (Wildman–Crippen LogP) is 1.35. The maximum absolute atomic E-state index is 11.5. The van der Waals surface area contributed by atoms with Crippen molar-refractivity contribution in [3.8, 4) is 0 Å². The molecule has 0 spiro atoms. The molecule has 0 aliphatic rings. The van der Waals surface area contributed by atoms with Crippen molar-refractivity contribution in [1.82, 2.24) is 0 Å². The molecule has 0 atom stereocenters. The summed E-state index contributed by atoms with van der Waals surface area (Å²) < 4.78 is 32.6. The quantitative estimate of drug-likeness (QED) is 0.509. The van der Waals surface area contributed by atoms with Gasteiger partial charge in [-0.2, -0.15) is 0 Å². The molecule has 0 aromatic rings. The first-order valence-corrected chi connectivity index (χ1v) is 3.69. The molecule has 0 saturated heterocycles. The molecule has 0 aromatic carbocycles. The van der Waals surface area contributed by atoms with Gasteiger partial charge >= 0.3 is 0 Å². The molecular formula is C7H14F2O2. The van der Waals surface area contributed by atoms with Crippen LogP contribution < -0.4 is 0 Å². The highest BCUT2D eigenvalue weighted by Crippen LogP contribution is 1.84. The van der Waals surface area contributed by atoms with Crippen molar-refractivity contribution in [2.45, 2.75) is 6.42 Å². The van der Waals surface area contributed by atoms with Crippen molar-refractivity contribution in [1.29, 1.82) is 0 Å². The second kappa shape index (κ2) is 9.78. The van der Waals surface area contributed by atoms with Crippen LogP contribution in [0, 0.1) is 0 Å². The van der Waals surface area contributed by atoms with Gasteiger partial charge in [-0.3, -0.25) is 4.39 Å². The van der Waals surface area contributed by atoms with E-state index in [-0.39, 0.29) is 13.3 Å². The third kappa shape index (κ3) is 9.78. The Bertz CT molecular complexity index is 63.5. The van der Waals surface area contributed by atoms with E-state index in [4.69, 9.17) is 9.47 Å². The monoisotopic (exact) mass is 168 g/mol. The topological polar surface area (TPSA) is 18.5 Å². The summed E-state index contributed by atoms with van der Waals surface area (Å²) in [5.74, 6) is 0. The number of hydrogen-bond donors (Lipinski definition) is 0. The van der Waals surface area contributed by atoms with Gasteiger partial charge in [0.25, 0.3) is 0 Å². The summed E-state index contributed by atoms with van der Waals surface area (Å²) >= 11 is 0. The minimum atomic E-state index is -0.468.